The lowest BCUT2D eigenvalue weighted by Gasteiger charge is -2.15. The van der Waals surface area contributed by atoms with Crippen LogP contribution in [0, 0.1) is 11.3 Å². The van der Waals surface area contributed by atoms with Crippen LogP contribution in [0.5, 0.6) is 0 Å². The molecule has 0 saturated heterocycles. The van der Waals surface area contributed by atoms with Crippen LogP contribution in [0.4, 0.5) is 0 Å². The molecule has 10 aromatic rings. The van der Waals surface area contributed by atoms with Gasteiger partial charge in [0.25, 0.3) is 0 Å². The van der Waals surface area contributed by atoms with Crippen molar-refractivity contribution in [2.75, 3.05) is 0 Å². The highest BCUT2D eigenvalue weighted by Gasteiger charge is 2.21. The van der Waals surface area contributed by atoms with E-state index in [-0.39, 0.29) is 0 Å². The van der Waals surface area contributed by atoms with Crippen molar-refractivity contribution in [3.63, 3.8) is 0 Å². The fraction of sp³-hybridized carbons (Fsp3) is 0. The van der Waals surface area contributed by atoms with Crippen molar-refractivity contribution >= 4 is 21.8 Å². The summed E-state index contributed by atoms with van der Waals surface area (Å²) in [5, 5.41) is 12.2. The summed E-state index contributed by atoms with van der Waals surface area (Å²) < 4.78 is 2.22. The highest BCUT2D eigenvalue weighted by atomic mass is 15.1. The second-order valence-electron chi connectivity index (χ2n) is 13.5. The van der Waals surface area contributed by atoms with E-state index in [4.69, 9.17) is 29.9 Å². The molecule has 0 aliphatic carbocycles. The van der Waals surface area contributed by atoms with Gasteiger partial charge in [0, 0.05) is 44.2 Å². The Bertz CT molecular complexity index is 3010. The molecule has 0 spiro atoms. The number of rotatable bonds is 7. The molecule has 3 heterocycles. The van der Waals surface area contributed by atoms with E-state index in [9.17, 15) is 5.26 Å². The molecule has 0 radical (unpaired) electrons. The minimum absolute atomic E-state index is 0.462. The Morgan fingerprint density at radius 2 is 0.772 bits per heavy atom. The van der Waals surface area contributed by atoms with Gasteiger partial charge in [0.15, 0.2) is 34.9 Å². The first-order valence-corrected chi connectivity index (χ1v) is 18.5. The molecule has 0 aliphatic rings. The Morgan fingerprint density at radius 1 is 0.351 bits per heavy atom. The summed E-state index contributed by atoms with van der Waals surface area (Å²) in [7, 11) is 0. The molecule has 266 valence electrons. The van der Waals surface area contributed by atoms with Crippen molar-refractivity contribution in [3.05, 3.63) is 188 Å². The minimum Gasteiger partial charge on any atom is -0.308 e. The number of hydrogen-bond donors (Lipinski definition) is 0. The van der Waals surface area contributed by atoms with E-state index >= 15 is 0 Å². The Balaban J connectivity index is 1.19. The lowest BCUT2D eigenvalue weighted by molar-refractivity contribution is 1.06. The maximum absolute atomic E-state index is 10.1. The van der Waals surface area contributed by atoms with Crippen LogP contribution in [0.15, 0.2) is 182 Å². The van der Waals surface area contributed by atoms with Crippen LogP contribution in [0.25, 0.3) is 95.8 Å². The van der Waals surface area contributed by atoms with E-state index in [1.165, 1.54) is 0 Å². The summed E-state index contributed by atoms with van der Waals surface area (Å²) in [6.07, 6.45) is 0. The third-order valence-electron chi connectivity index (χ3n) is 9.94. The van der Waals surface area contributed by atoms with Gasteiger partial charge in [-0.1, -0.05) is 140 Å². The fourth-order valence-electron chi connectivity index (χ4n) is 7.22. The van der Waals surface area contributed by atoms with Gasteiger partial charge in [-0.2, -0.15) is 5.26 Å². The van der Waals surface area contributed by atoms with Crippen molar-refractivity contribution in [1.29, 1.82) is 5.26 Å². The lowest BCUT2D eigenvalue weighted by atomic mass is 10.1. The normalized spacial score (nSPS) is 11.1. The number of benzene rings is 7. The van der Waals surface area contributed by atoms with Crippen molar-refractivity contribution < 1.29 is 0 Å². The molecule has 57 heavy (non-hydrogen) atoms. The third-order valence-corrected chi connectivity index (χ3v) is 9.94. The zero-order valence-corrected chi connectivity index (χ0v) is 30.4. The van der Waals surface area contributed by atoms with Crippen LogP contribution in [0.1, 0.15) is 5.56 Å². The van der Waals surface area contributed by atoms with Crippen molar-refractivity contribution in [2.24, 2.45) is 0 Å². The van der Waals surface area contributed by atoms with Gasteiger partial charge in [-0.05, 0) is 42.5 Å². The molecule has 7 aromatic carbocycles. The SMILES string of the molecule is N#Cc1ccc(-n2c3ccccc3c3cc(-c4nc(-c5ccccc5)nc(-c5ccccc5)n4)ccc32)c(-c2nc(-c3ccccc3)nc(-c3ccccc3)n2)c1. The molecular weight excluding hydrogens is 701 g/mol. The number of para-hydroxylation sites is 1. The maximum atomic E-state index is 10.1. The highest BCUT2D eigenvalue weighted by Crippen LogP contribution is 2.38. The summed E-state index contributed by atoms with van der Waals surface area (Å²) in [6, 6.07) is 62.4. The summed E-state index contributed by atoms with van der Waals surface area (Å²) in [5.41, 5.74) is 8.40. The second kappa shape index (κ2) is 14.3. The summed E-state index contributed by atoms with van der Waals surface area (Å²) in [5.74, 6) is 3.33. The van der Waals surface area contributed by atoms with Crippen molar-refractivity contribution in [3.8, 4) is 80.1 Å². The standard InChI is InChI=1S/C49H30N8/c50-31-32-25-27-43(40(29-32)49-55-46(35-19-9-3-10-20-35)52-47(56-49)36-21-11-4-12-22-36)57-41-24-14-13-23-38(41)39-30-37(26-28-42(39)57)48-53-44(33-15-5-1-6-16-33)51-45(54-48)34-17-7-2-8-18-34/h1-30H. The molecule has 0 amide bonds. The monoisotopic (exact) mass is 730 g/mol. The Hall–Kier alpha value is -8.15. The van der Waals surface area contributed by atoms with Gasteiger partial charge in [0.2, 0.25) is 0 Å². The summed E-state index contributed by atoms with van der Waals surface area (Å²) >= 11 is 0. The van der Waals surface area contributed by atoms with Crippen LogP contribution in [0.3, 0.4) is 0 Å². The van der Waals surface area contributed by atoms with Crippen LogP contribution in [-0.4, -0.2) is 34.5 Å². The van der Waals surface area contributed by atoms with Gasteiger partial charge in [0.05, 0.1) is 28.4 Å². The zero-order chi connectivity index (χ0) is 38.1. The van der Waals surface area contributed by atoms with E-state index in [1.54, 1.807) is 0 Å². The van der Waals surface area contributed by atoms with E-state index in [1.807, 2.05) is 152 Å². The molecule has 3 aromatic heterocycles. The van der Waals surface area contributed by atoms with Gasteiger partial charge in [-0.3, -0.25) is 0 Å². The number of nitrogens with zero attached hydrogens (tertiary/aromatic N) is 8. The molecule has 0 saturated carbocycles. The van der Waals surface area contributed by atoms with E-state index in [0.29, 0.717) is 46.1 Å². The third kappa shape index (κ3) is 6.25. The molecule has 0 aliphatic heterocycles. The molecule has 0 unspecified atom stereocenters. The molecule has 0 atom stereocenters. The first-order valence-electron chi connectivity index (χ1n) is 18.5. The molecule has 8 heteroatoms. The van der Waals surface area contributed by atoms with E-state index in [2.05, 4.69) is 41.0 Å². The highest BCUT2D eigenvalue weighted by molar-refractivity contribution is 6.10. The molecular formula is C49H30N8. The van der Waals surface area contributed by atoms with Gasteiger partial charge in [0.1, 0.15) is 0 Å². The average molecular weight is 731 g/mol. The Labute approximate surface area is 328 Å². The van der Waals surface area contributed by atoms with Crippen molar-refractivity contribution in [1.82, 2.24) is 34.5 Å². The quantitative estimate of drug-likeness (QED) is 0.161. The average Bonchev–Trinajstić information content (AvgIpc) is 3.63. The number of nitriles is 1. The summed E-state index contributed by atoms with van der Waals surface area (Å²) in [4.78, 5) is 29.9. The van der Waals surface area contributed by atoms with E-state index in [0.717, 1.165) is 55.3 Å². The van der Waals surface area contributed by atoms with Crippen LogP contribution < -0.4 is 0 Å². The molecule has 8 nitrogen and oxygen atoms in total. The first kappa shape index (κ1) is 33.4. The van der Waals surface area contributed by atoms with Crippen LogP contribution >= 0.6 is 0 Å². The zero-order valence-electron chi connectivity index (χ0n) is 30.4. The molecule has 0 fully saturated rings. The molecule has 0 bridgehead atoms. The van der Waals surface area contributed by atoms with E-state index < -0.39 is 0 Å². The van der Waals surface area contributed by atoms with Gasteiger partial charge in [-0.15, -0.1) is 0 Å². The Kier molecular flexibility index (Phi) is 8.36. The predicted octanol–water partition coefficient (Wildman–Crippen LogP) is 11.0. The van der Waals surface area contributed by atoms with Crippen LogP contribution in [0.2, 0.25) is 0 Å². The second-order valence-corrected chi connectivity index (χ2v) is 13.5. The number of fused-ring (bicyclic) bond motifs is 3. The number of hydrogen-bond acceptors (Lipinski definition) is 7. The fourth-order valence-corrected chi connectivity index (χ4v) is 7.22. The Morgan fingerprint density at radius 3 is 1.26 bits per heavy atom. The molecule has 0 N–H and O–H groups in total. The van der Waals surface area contributed by atoms with Gasteiger partial charge in [-0.25, -0.2) is 29.9 Å². The van der Waals surface area contributed by atoms with Crippen LogP contribution in [-0.2, 0) is 0 Å². The smallest absolute Gasteiger partial charge is 0.166 e. The molecule has 10 rings (SSSR count). The van der Waals surface area contributed by atoms with Gasteiger partial charge < -0.3 is 4.57 Å². The first-order chi connectivity index (χ1) is 28.2. The number of aromatic nitrogens is 7. The maximum Gasteiger partial charge on any atom is 0.166 e. The lowest BCUT2D eigenvalue weighted by Crippen LogP contribution is -2.04. The topological polar surface area (TPSA) is 106 Å². The van der Waals surface area contributed by atoms with Crippen molar-refractivity contribution in [2.45, 2.75) is 0 Å². The van der Waals surface area contributed by atoms with Gasteiger partial charge >= 0.3 is 0 Å². The minimum atomic E-state index is 0.462. The predicted molar refractivity (Wildman–Crippen MR) is 225 cm³/mol. The summed E-state index contributed by atoms with van der Waals surface area (Å²) in [6.45, 7) is 0. The largest absolute Gasteiger partial charge is 0.308 e.